The van der Waals surface area contributed by atoms with Gasteiger partial charge >= 0.3 is 6.03 Å². The van der Waals surface area contributed by atoms with Crippen molar-refractivity contribution < 1.29 is 14.1 Å². The molecule has 1 N–H and O–H groups in total. The number of aromatic nitrogens is 1. The minimum atomic E-state index is -0.122. The molecule has 0 spiro atoms. The van der Waals surface area contributed by atoms with Gasteiger partial charge in [0, 0.05) is 18.7 Å². The van der Waals surface area contributed by atoms with Crippen LogP contribution in [0, 0.1) is 25.2 Å². The maximum Gasteiger partial charge on any atom is 0.323 e. The minimum Gasteiger partial charge on any atom is -0.490 e. The molecule has 1 saturated carbocycles. The Bertz CT molecular complexity index is 1010. The van der Waals surface area contributed by atoms with E-state index < -0.39 is 0 Å². The molecule has 2 aromatic rings. The van der Waals surface area contributed by atoms with E-state index in [1.54, 1.807) is 0 Å². The van der Waals surface area contributed by atoms with Crippen molar-refractivity contribution in [1.29, 1.82) is 0 Å². The van der Waals surface area contributed by atoms with E-state index in [1.165, 1.54) is 18.4 Å². The van der Waals surface area contributed by atoms with Gasteiger partial charge in [0.1, 0.15) is 11.5 Å². The van der Waals surface area contributed by atoms with E-state index in [9.17, 15) is 4.79 Å². The van der Waals surface area contributed by atoms with E-state index >= 15 is 0 Å². The normalized spacial score (nSPS) is 22.4. The zero-order chi connectivity index (χ0) is 23.6. The van der Waals surface area contributed by atoms with Crippen LogP contribution < -0.4 is 10.1 Å². The van der Waals surface area contributed by atoms with Crippen molar-refractivity contribution in [3.05, 3.63) is 46.7 Å². The van der Waals surface area contributed by atoms with Crippen molar-refractivity contribution in [3.8, 4) is 5.75 Å². The van der Waals surface area contributed by atoms with E-state index in [4.69, 9.17) is 9.26 Å². The number of rotatable bonds is 4. The van der Waals surface area contributed by atoms with Crippen molar-refractivity contribution in [3.63, 3.8) is 0 Å². The third-order valence-corrected chi connectivity index (χ3v) is 7.27. The molecular weight excluding hydrogens is 414 g/mol. The standard InChI is InChI=1S/C27H37N3O3/c1-18-17-30(26(31)28-25-19(2)20(3)33-29-25)14-11-22(18)15-21-7-6-8-24(16-21)32-23-9-12-27(4,5)13-10-23/h6-8,15-16,18,23H,9-14,17H2,1-5H3,(H,28,29,31). The number of hydrogen-bond acceptors (Lipinski definition) is 4. The predicted molar refractivity (Wildman–Crippen MR) is 131 cm³/mol. The van der Waals surface area contributed by atoms with Crippen molar-refractivity contribution in [2.75, 3.05) is 18.4 Å². The second-order valence-corrected chi connectivity index (χ2v) is 10.5. The number of carbonyl (C=O) groups is 1. The monoisotopic (exact) mass is 451 g/mol. The predicted octanol–water partition coefficient (Wildman–Crippen LogP) is 6.60. The molecule has 2 heterocycles. The third kappa shape index (κ3) is 5.79. The summed E-state index contributed by atoms with van der Waals surface area (Å²) in [6, 6.07) is 8.29. The van der Waals surface area contributed by atoms with Crippen LogP contribution in [0.25, 0.3) is 6.08 Å². The molecule has 0 radical (unpaired) electrons. The molecule has 1 aromatic carbocycles. The lowest BCUT2D eigenvalue weighted by atomic mass is 9.76. The van der Waals surface area contributed by atoms with Gasteiger partial charge in [-0.2, -0.15) is 0 Å². The van der Waals surface area contributed by atoms with Crippen LogP contribution in [0.15, 0.2) is 34.4 Å². The highest BCUT2D eigenvalue weighted by Crippen LogP contribution is 2.37. The number of urea groups is 1. The second-order valence-electron chi connectivity index (χ2n) is 10.5. The Morgan fingerprint density at radius 1 is 1.27 bits per heavy atom. The van der Waals surface area contributed by atoms with Crippen LogP contribution in [0.5, 0.6) is 5.75 Å². The number of carbonyl (C=O) groups excluding carboxylic acids is 1. The molecule has 6 heteroatoms. The molecular formula is C27H37N3O3. The first-order valence-electron chi connectivity index (χ1n) is 12.2. The highest BCUT2D eigenvalue weighted by atomic mass is 16.5. The Labute approximate surface area is 197 Å². The fourth-order valence-corrected chi connectivity index (χ4v) is 4.74. The minimum absolute atomic E-state index is 0.122. The summed E-state index contributed by atoms with van der Waals surface area (Å²) in [5.74, 6) is 2.47. The van der Waals surface area contributed by atoms with Crippen molar-refractivity contribution in [1.82, 2.24) is 10.1 Å². The van der Waals surface area contributed by atoms with E-state index in [-0.39, 0.29) is 11.9 Å². The Balaban J connectivity index is 1.35. The number of likely N-dealkylation sites (tertiary alicyclic amines) is 1. The van der Waals surface area contributed by atoms with Gasteiger partial charge in [-0.15, -0.1) is 0 Å². The number of amides is 2. The van der Waals surface area contributed by atoms with Gasteiger partial charge in [-0.05, 0) is 75.0 Å². The summed E-state index contributed by atoms with van der Waals surface area (Å²) in [5.41, 5.74) is 3.84. The van der Waals surface area contributed by atoms with Crippen LogP contribution in [-0.2, 0) is 0 Å². The molecule has 178 valence electrons. The van der Waals surface area contributed by atoms with Crippen molar-refractivity contribution in [2.45, 2.75) is 72.8 Å². The topological polar surface area (TPSA) is 67.6 Å². The first kappa shape index (κ1) is 23.4. The smallest absolute Gasteiger partial charge is 0.323 e. The van der Waals surface area contributed by atoms with Gasteiger partial charge in [0.05, 0.1) is 6.10 Å². The van der Waals surface area contributed by atoms with Gasteiger partial charge < -0.3 is 14.2 Å². The fourth-order valence-electron chi connectivity index (χ4n) is 4.74. The highest BCUT2D eigenvalue weighted by Gasteiger charge is 2.28. The molecule has 1 unspecified atom stereocenters. The van der Waals surface area contributed by atoms with Crippen LogP contribution in [0.3, 0.4) is 0 Å². The van der Waals surface area contributed by atoms with Gasteiger partial charge in [0.15, 0.2) is 5.82 Å². The summed E-state index contributed by atoms with van der Waals surface area (Å²) in [4.78, 5) is 14.6. The molecule has 33 heavy (non-hydrogen) atoms. The molecule has 1 saturated heterocycles. The Hall–Kier alpha value is -2.76. The van der Waals surface area contributed by atoms with Gasteiger partial charge in [-0.1, -0.05) is 49.7 Å². The molecule has 1 aliphatic heterocycles. The van der Waals surface area contributed by atoms with Crippen molar-refractivity contribution >= 4 is 17.9 Å². The first-order chi connectivity index (χ1) is 15.7. The van der Waals surface area contributed by atoms with E-state index in [0.717, 1.165) is 41.9 Å². The van der Waals surface area contributed by atoms with Crippen LogP contribution in [0.1, 0.15) is 69.8 Å². The van der Waals surface area contributed by atoms with E-state index in [0.29, 0.717) is 30.4 Å². The van der Waals surface area contributed by atoms with Crippen LogP contribution in [0.2, 0.25) is 0 Å². The lowest BCUT2D eigenvalue weighted by Gasteiger charge is -2.34. The molecule has 6 nitrogen and oxygen atoms in total. The lowest BCUT2D eigenvalue weighted by Crippen LogP contribution is -2.42. The largest absolute Gasteiger partial charge is 0.490 e. The number of benzene rings is 1. The lowest BCUT2D eigenvalue weighted by molar-refractivity contribution is 0.0987. The Morgan fingerprint density at radius 3 is 2.70 bits per heavy atom. The maximum absolute atomic E-state index is 12.7. The summed E-state index contributed by atoms with van der Waals surface area (Å²) in [6.07, 6.45) is 8.13. The quantitative estimate of drug-likeness (QED) is 0.569. The zero-order valence-electron chi connectivity index (χ0n) is 20.6. The summed E-state index contributed by atoms with van der Waals surface area (Å²) in [5, 5.41) is 6.82. The maximum atomic E-state index is 12.7. The molecule has 1 aliphatic carbocycles. The SMILES string of the molecule is Cc1onc(NC(=O)N2CCC(=Cc3cccc(OC4CCC(C)(C)CC4)c3)C(C)C2)c1C. The average Bonchev–Trinajstić information content (AvgIpc) is 3.09. The van der Waals surface area contributed by atoms with Gasteiger partial charge in [-0.25, -0.2) is 4.79 Å². The number of ether oxygens (including phenoxy) is 1. The fraction of sp³-hybridized carbons (Fsp3) is 0.556. The average molecular weight is 452 g/mol. The van der Waals surface area contributed by atoms with Crippen molar-refractivity contribution in [2.24, 2.45) is 11.3 Å². The van der Waals surface area contributed by atoms with Gasteiger partial charge in [0.25, 0.3) is 0 Å². The van der Waals surface area contributed by atoms with E-state index in [2.05, 4.69) is 61.6 Å². The number of piperidine rings is 1. The van der Waals surface area contributed by atoms with Gasteiger partial charge in [0.2, 0.25) is 0 Å². The van der Waals surface area contributed by atoms with Crippen LogP contribution >= 0.6 is 0 Å². The number of hydrogen-bond donors (Lipinski definition) is 1. The molecule has 1 aromatic heterocycles. The molecule has 4 rings (SSSR count). The molecule has 1 atom stereocenters. The number of nitrogens with zero attached hydrogens (tertiary/aromatic N) is 2. The van der Waals surface area contributed by atoms with E-state index in [1.807, 2.05) is 18.7 Å². The second kappa shape index (κ2) is 9.62. The summed E-state index contributed by atoms with van der Waals surface area (Å²) in [7, 11) is 0. The zero-order valence-corrected chi connectivity index (χ0v) is 20.6. The number of aryl methyl sites for hydroxylation is 1. The molecule has 2 aliphatic rings. The summed E-state index contributed by atoms with van der Waals surface area (Å²) < 4.78 is 11.5. The Kier molecular flexibility index (Phi) is 6.82. The third-order valence-electron chi connectivity index (χ3n) is 7.27. The number of anilines is 1. The van der Waals surface area contributed by atoms with Crippen LogP contribution in [0.4, 0.5) is 10.6 Å². The number of nitrogens with one attached hydrogen (secondary N) is 1. The highest BCUT2D eigenvalue weighted by molar-refractivity contribution is 5.89. The van der Waals surface area contributed by atoms with Gasteiger partial charge in [-0.3, -0.25) is 5.32 Å². The molecule has 0 bridgehead atoms. The molecule has 2 amide bonds. The first-order valence-corrected chi connectivity index (χ1v) is 12.2. The summed E-state index contributed by atoms with van der Waals surface area (Å²) >= 11 is 0. The summed E-state index contributed by atoms with van der Waals surface area (Å²) in [6.45, 7) is 12.0. The molecule has 2 fully saturated rings. The Morgan fingerprint density at radius 2 is 2.03 bits per heavy atom. The van der Waals surface area contributed by atoms with Crippen LogP contribution in [-0.4, -0.2) is 35.3 Å².